The second kappa shape index (κ2) is 4.09. The summed E-state index contributed by atoms with van der Waals surface area (Å²) < 4.78 is 2.37. The summed E-state index contributed by atoms with van der Waals surface area (Å²) in [7, 11) is 0. The van der Waals surface area contributed by atoms with Gasteiger partial charge in [0.1, 0.15) is 11.6 Å². The summed E-state index contributed by atoms with van der Waals surface area (Å²) in [4.78, 5) is 0. The van der Waals surface area contributed by atoms with Crippen LogP contribution in [0.3, 0.4) is 0 Å². The van der Waals surface area contributed by atoms with Gasteiger partial charge in [-0.3, -0.25) is 0 Å². The van der Waals surface area contributed by atoms with E-state index < -0.39 is 0 Å². The molecule has 2 heterocycles. The maximum Gasteiger partial charge on any atom is 0.138 e. The van der Waals surface area contributed by atoms with Crippen LogP contribution in [0.25, 0.3) is 0 Å². The highest BCUT2D eigenvalue weighted by Crippen LogP contribution is 2.40. The molecule has 1 aromatic rings. The molecule has 1 aliphatic carbocycles. The Morgan fingerprint density at radius 3 is 2.82 bits per heavy atom. The SMILES string of the molecule is CC1(c2nnc3n2CC(CN)CC3)CCCC1. The van der Waals surface area contributed by atoms with Crippen molar-refractivity contribution in [2.45, 2.75) is 57.4 Å². The molecule has 2 N–H and O–H groups in total. The van der Waals surface area contributed by atoms with Crippen LogP contribution in [0.5, 0.6) is 0 Å². The van der Waals surface area contributed by atoms with Crippen LogP contribution in [0.2, 0.25) is 0 Å². The van der Waals surface area contributed by atoms with Gasteiger partial charge in [0.05, 0.1) is 0 Å². The van der Waals surface area contributed by atoms with Gasteiger partial charge in [-0.2, -0.15) is 0 Å². The van der Waals surface area contributed by atoms with Crippen molar-refractivity contribution in [3.63, 3.8) is 0 Å². The number of aryl methyl sites for hydroxylation is 1. The maximum atomic E-state index is 5.81. The summed E-state index contributed by atoms with van der Waals surface area (Å²) in [6.45, 7) is 4.17. The largest absolute Gasteiger partial charge is 0.330 e. The average Bonchev–Trinajstić information content (AvgIpc) is 2.95. The molecule has 0 aromatic carbocycles. The van der Waals surface area contributed by atoms with Crippen molar-refractivity contribution >= 4 is 0 Å². The molecule has 1 unspecified atom stereocenters. The molecule has 0 saturated heterocycles. The number of fused-ring (bicyclic) bond motifs is 1. The van der Waals surface area contributed by atoms with Gasteiger partial charge in [-0.15, -0.1) is 10.2 Å². The monoisotopic (exact) mass is 234 g/mol. The van der Waals surface area contributed by atoms with Crippen LogP contribution in [0.4, 0.5) is 0 Å². The molecule has 1 atom stereocenters. The smallest absolute Gasteiger partial charge is 0.138 e. The van der Waals surface area contributed by atoms with Gasteiger partial charge in [-0.05, 0) is 31.7 Å². The third-order valence-electron chi connectivity index (χ3n) is 4.62. The molecule has 1 aliphatic heterocycles. The molecular formula is C13H22N4. The Morgan fingerprint density at radius 2 is 2.12 bits per heavy atom. The fourth-order valence-corrected chi connectivity index (χ4v) is 3.41. The molecule has 4 nitrogen and oxygen atoms in total. The first kappa shape index (κ1) is 11.2. The summed E-state index contributed by atoms with van der Waals surface area (Å²) >= 11 is 0. The minimum absolute atomic E-state index is 0.266. The Hall–Kier alpha value is -0.900. The van der Waals surface area contributed by atoms with Crippen LogP contribution in [0.15, 0.2) is 0 Å². The van der Waals surface area contributed by atoms with Crippen molar-refractivity contribution in [2.24, 2.45) is 11.7 Å². The van der Waals surface area contributed by atoms with Gasteiger partial charge >= 0.3 is 0 Å². The van der Waals surface area contributed by atoms with Gasteiger partial charge in [-0.1, -0.05) is 19.8 Å². The Balaban J connectivity index is 1.94. The van der Waals surface area contributed by atoms with Crippen molar-refractivity contribution in [3.8, 4) is 0 Å². The van der Waals surface area contributed by atoms with E-state index in [0.717, 1.165) is 19.5 Å². The summed E-state index contributed by atoms with van der Waals surface area (Å²) in [6.07, 6.45) is 7.41. The zero-order chi connectivity index (χ0) is 11.9. The Labute approximate surface area is 103 Å². The van der Waals surface area contributed by atoms with Gasteiger partial charge in [0, 0.05) is 18.4 Å². The van der Waals surface area contributed by atoms with E-state index in [2.05, 4.69) is 21.7 Å². The first-order valence-electron chi connectivity index (χ1n) is 6.85. The highest BCUT2D eigenvalue weighted by Gasteiger charge is 2.37. The summed E-state index contributed by atoms with van der Waals surface area (Å²) in [5, 5.41) is 8.88. The lowest BCUT2D eigenvalue weighted by Gasteiger charge is -2.28. The fraction of sp³-hybridized carbons (Fsp3) is 0.846. The fourth-order valence-electron chi connectivity index (χ4n) is 3.41. The molecular weight excluding hydrogens is 212 g/mol. The van der Waals surface area contributed by atoms with Crippen molar-refractivity contribution in [3.05, 3.63) is 11.6 Å². The summed E-state index contributed by atoms with van der Waals surface area (Å²) in [5.74, 6) is 3.02. The minimum Gasteiger partial charge on any atom is -0.330 e. The predicted molar refractivity (Wildman–Crippen MR) is 66.7 cm³/mol. The lowest BCUT2D eigenvalue weighted by Crippen LogP contribution is -2.31. The minimum atomic E-state index is 0.266. The normalized spacial score (nSPS) is 27.1. The number of nitrogens with zero attached hydrogens (tertiary/aromatic N) is 3. The zero-order valence-corrected chi connectivity index (χ0v) is 10.7. The lowest BCUT2D eigenvalue weighted by atomic mass is 9.87. The van der Waals surface area contributed by atoms with Crippen molar-refractivity contribution in [1.82, 2.24) is 14.8 Å². The molecule has 0 spiro atoms. The van der Waals surface area contributed by atoms with Gasteiger partial charge in [0.25, 0.3) is 0 Å². The van der Waals surface area contributed by atoms with Crippen LogP contribution >= 0.6 is 0 Å². The molecule has 0 amide bonds. The van der Waals surface area contributed by atoms with Crippen LogP contribution in [-0.4, -0.2) is 21.3 Å². The highest BCUT2D eigenvalue weighted by molar-refractivity contribution is 5.13. The van der Waals surface area contributed by atoms with Crippen molar-refractivity contribution in [1.29, 1.82) is 0 Å². The molecule has 0 bridgehead atoms. The van der Waals surface area contributed by atoms with E-state index in [9.17, 15) is 0 Å². The van der Waals surface area contributed by atoms with E-state index in [1.54, 1.807) is 0 Å². The third kappa shape index (κ3) is 1.79. The molecule has 1 saturated carbocycles. The summed E-state index contributed by atoms with van der Waals surface area (Å²) in [6, 6.07) is 0. The van der Waals surface area contributed by atoms with Gasteiger partial charge in [0.2, 0.25) is 0 Å². The first-order chi connectivity index (χ1) is 8.23. The Morgan fingerprint density at radius 1 is 1.35 bits per heavy atom. The molecule has 17 heavy (non-hydrogen) atoms. The third-order valence-corrected chi connectivity index (χ3v) is 4.62. The van der Waals surface area contributed by atoms with E-state index >= 15 is 0 Å². The highest BCUT2D eigenvalue weighted by atomic mass is 15.3. The van der Waals surface area contributed by atoms with E-state index in [1.807, 2.05) is 0 Å². The van der Waals surface area contributed by atoms with E-state index in [0.29, 0.717) is 5.92 Å². The van der Waals surface area contributed by atoms with Crippen LogP contribution in [0.1, 0.15) is 50.7 Å². The molecule has 1 aromatic heterocycles. The van der Waals surface area contributed by atoms with Crippen molar-refractivity contribution in [2.75, 3.05) is 6.54 Å². The standard InChI is InChI=1S/C13H22N4/c1-13(6-2-3-7-13)12-16-15-11-5-4-10(8-14)9-17(11)12/h10H,2-9,14H2,1H3. The van der Waals surface area contributed by atoms with E-state index in [1.165, 1.54) is 43.8 Å². The Kier molecular flexibility index (Phi) is 2.69. The molecule has 3 rings (SSSR count). The molecule has 4 heteroatoms. The number of aromatic nitrogens is 3. The molecule has 2 aliphatic rings. The second-order valence-corrected chi connectivity index (χ2v) is 5.96. The number of hydrogen-bond donors (Lipinski definition) is 1. The maximum absolute atomic E-state index is 5.81. The molecule has 94 valence electrons. The number of nitrogens with two attached hydrogens (primary N) is 1. The van der Waals surface area contributed by atoms with Crippen LogP contribution < -0.4 is 5.73 Å². The van der Waals surface area contributed by atoms with Gasteiger partial charge in [0.15, 0.2) is 0 Å². The average molecular weight is 234 g/mol. The predicted octanol–water partition coefficient (Wildman–Crippen LogP) is 1.63. The first-order valence-corrected chi connectivity index (χ1v) is 6.85. The van der Waals surface area contributed by atoms with E-state index in [4.69, 9.17) is 5.73 Å². The molecule has 0 radical (unpaired) electrons. The van der Waals surface area contributed by atoms with E-state index in [-0.39, 0.29) is 5.41 Å². The number of rotatable bonds is 2. The second-order valence-electron chi connectivity index (χ2n) is 5.96. The zero-order valence-electron chi connectivity index (χ0n) is 10.7. The van der Waals surface area contributed by atoms with Gasteiger partial charge < -0.3 is 10.3 Å². The van der Waals surface area contributed by atoms with Gasteiger partial charge in [-0.25, -0.2) is 0 Å². The van der Waals surface area contributed by atoms with Crippen LogP contribution in [0, 0.1) is 5.92 Å². The lowest BCUT2D eigenvalue weighted by molar-refractivity contribution is 0.341. The van der Waals surface area contributed by atoms with Crippen molar-refractivity contribution < 1.29 is 0 Å². The number of hydrogen-bond acceptors (Lipinski definition) is 3. The van der Waals surface area contributed by atoms with Crippen LogP contribution in [-0.2, 0) is 18.4 Å². The topological polar surface area (TPSA) is 56.7 Å². The molecule has 1 fully saturated rings. The quantitative estimate of drug-likeness (QED) is 0.846. The summed E-state index contributed by atoms with van der Waals surface area (Å²) in [5.41, 5.74) is 6.08. The Bertz CT molecular complexity index is 404.